The lowest BCUT2D eigenvalue weighted by atomic mass is 9.99. The zero-order valence-electron chi connectivity index (χ0n) is 9.84. The van der Waals surface area contributed by atoms with Crippen LogP contribution in [0.4, 0.5) is 0 Å². The summed E-state index contributed by atoms with van der Waals surface area (Å²) in [4.78, 5) is 10.6. The Bertz CT molecular complexity index is 399. The maximum Gasteiger partial charge on any atom is 0.189 e. The third kappa shape index (κ3) is 4.28. The molecule has 2 atom stereocenters. The molecule has 0 saturated heterocycles. The van der Waals surface area contributed by atoms with Gasteiger partial charge in [-0.15, -0.1) is 0 Å². The highest BCUT2D eigenvalue weighted by molar-refractivity contribution is 7.80. The molecule has 17 heavy (non-hydrogen) atoms. The zero-order chi connectivity index (χ0) is 12.8. The second kappa shape index (κ2) is 6.51. The minimum atomic E-state index is -1.75. The summed E-state index contributed by atoms with van der Waals surface area (Å²) in [6, 6.07) is 7.13. The quantitative estimate of drug-likeness (QED) is 0.760. The van der Waals surface area contributed by atoms with E-state index in [-0.39, 0.29) is 0 Å². The van der Waals surface area contributed by atoms with Crippen LogP contribution in [-0.4, -0.2) is 16.8 Å². The van der Waals surface area contributed by atoms with Crippen molar-refractivity contribution in [2.24, 2.45) is 0 Å². The van der Waals surface area contributed by atoms with Gasteiger partial charge in [0.1, 0.15) is 6.61 Å². The van der Waals surface area contributed by atoms with Gasteiger partial charge in [0, 0.05) is 0 Å². The molecule has 1 aromatic carbocycles. The monoisotopic (exact) mass is 255 g/mol. The van der Waals surface area contributed by atoms with Gasteiger partial charge in [-0.05, 0) is 30.0 Å². The number of carbonyl (C=O) groups is 1. The van der Waals surface area contributed by atoms with E-state index >= 15 is 0 Å². The summed E-state index contributed by atoms with van der Waals surface area (Å²) in [5.74, 6) is -0.934. The van der Waals surface area contributed by atoms with Crippen LogP contribution in [0.3, 0.4) is 0 Å². The maximum atomic E-state index is 11.5. The summed E-state index contributed by atoms with van der Waals surface area (Å²) < 4.78 is 16.1. The van der Waals surface area contributed by atoms with Gasteiger partial charge >= 0.3 is 0 Å². The van der Waals surface area contributed by atoms with Gasteiger partial charge in [0.2, 0.25) is 0 Å². The minimum Gasteiger partial charge on any atom is -0.548 e. The number of carbonyl (C=O) groups excluding carboxylic acids is 1. The molecule has 4 nitrogen and oxygen atoms in total. The van der Waals surface area contributed by atoms with E-state index in [0.717, 1.165) is 12.0 Å². The van der Waals surface area contributed by atoms with Crippen LogP contribution in [0.1, 0.15) is 31.7 Å². The molecule has 0 spiro atoms. The second-order valence-corrected chi connectivity index (χ2v) is 4.92. The van der Waals surface area contributed by atoms with Crippen LogP contribution >= 0.6 is 0 Å². The van der Waals surface area contributed by atoms with Gasteiger partial charge in [-0.1, -0.05) is 26.0 Å². The fourth-order valence-electron chi connectivity index (χ4n) is 1.31. The smallest absolute Gasteiger partial charge is 0.189 e. The second-order valence-electron chi connectivity index (χ2n) is 3.75. The van der Waals surface area contributed by atoms with E-state index in [0.29, 0.717) is 10.8 Å². The van der Waals surface area contributed by atoms with E-state index in [2.05, 4.69) is 18.0 Å². The van der Waals surface area contributed by atoms with E-state index in [1.807, 2.05) is 12.1 Å². The number of carboxylic acid groups (broad SMARTS) is 1. The largest absolute Gasteiger partial charge is 0.548 e. The van der Waals surface area contributed by atoms with Crippen LogP contribution in [0.2, 0.25) is 0 Å². The lowest BCUT2D eigenvalue weighted by molar-refractivity contribution is -0.307. The normalized spacial score (nSPS) is 14.2. The molecule has 0 N–H and O–H groups in total. The van der Waals surface area contributed by atoms with Crippen molar-refractivity contribution in [3.8, 4) is 0 Å². The molecule has 0 heterocycles. The molecule has 0 bridgehead atoms. The Morgan fingerprint density at radius 3 is 2.47 bits per heavy atom. The van der Waals surface area contributed by atoms with Crippen LogP contribution in [0.25, 0.3) is 0 Å². The van der Waals surface area contributed by atoms with E-state index in [1.165, 1.54) is 0 Å². The Labute approximate surface area is 103 Å². The summed E-state index contributed by atoms with van der Waals surface area (Å²) in [7, 11) is 0. The number of hydrogen-bond donors (Lipinski definition) is 0. The maximum absolute atomic E-state index is 11.5. The molecular formula is C12H15O4S-. The number of benzene rings is 1. The van der Waals surface area contributed by atoms with Gasteiger partial charge in [0.25, 0.3) is 0 Å². The Kier molecular flexibility index (Phi) is 5.31. The molecule has 0 saturated carbocycles. The highest BCUT2D eigenvalue weighted by Gasteiger charge is 2.07. The van der Waals surface area contributed by atoms with Gasteiger partial charge in [-0.2, -0.15) is 0 Å². The summed E-state index contributed by atoms with van der Waals surface area (Å²) in [5, 5.41) is 10.1. The van der Waals surface area contributed by atoms with Gasteiger partial charge in [-0.25, -0.2) is 4.21 Å². The molecule has 94 valence electrons. The van der Waals surface area contributed by atoms with Gasteiger partial charge < -0.3 is 9.90 Å². The van der Waals surface area contributed by atoms with Crippen molar-refractivity contribution in [1.29, 1.82) is 0 Å². The lowest BCUT2D eigenvalue weighted by Crippen LogP contribution is -2.27. The Morgan fingerprint density at radius 1 is 1.41 bits per heavy atom. The molecule has 2 unspecified atom stereocenters. The van der Waals surface area contributed by atoms with Crippen LogP contribution in [0.5, 0.6) is 0 Å². The Balaban J connectivity index is 2.67. The summed E-state index contributed by atoms with van der Waals surface area (Å²) in [6.45, 7) is 3.54. The Morgan fingerprint density at radius 2 is 2.00 bits per heavy atom. The summed E-state index contributed by atoms with van der Waals surface area (Å²) in [5.41, 5.74) is 1.16. The SMILES string of the molecule is CCC(C)c1ccc(S(=O)OCC(=O)[O-])cc1. The van der Waals surface area contributed by atoms with Gasteiger partial charge in [0.05, 0.1) is 10.9 Å². The van der Waals surface area contributed by atoms with E-state index < -0.39 is 23.7 Å². The van der Waals surface area contributed by atoms with Crippen LogP contribution in [-0.2, 0) is 20.1 Å². The Hall–Kier alpha value is -1.20. The fourth-order valence-corrected chi connectivity index (χ4v) is 2.01. The van der Waals surface area contributed by atoms with Crippen molar-refractivity contribution < 1.29 is 18.3 Å². The third-order valence-corrected chi connectivity index (χ3v) is 3.53. The van der Waals surface area contributed by atoms with E-state index in [9.17, 15) is 14.1 Å². The molecular weight excluding hydrogens is 240 g/mol. The van der Waals surface area contributed by atoms with E-state index in [4.69, 9.17) is 0 Å². The van der Waals surface area contributed by atoms with Crippen LogP contribution in [0, 0.1) is 0 Å². The van der Waals surface area contributed by atoms with Gasteiger partial charge in [0.15, 0.2) is 11.1 Å². The molecule has 0 aliphatic carbocycles. The van der Waals surface area contributed by atoms with E-state index in [1.54, 1.807) is 12.1 Å². The molecule has 0 aliphatic rings. The van der Waals surface area contributed by atoms with Crippen LogP contribution < -0.4 is 5.11 Å². The first-order valence-corrected chi connectivity index (χ1v) is 6.47. The molecule has 0 aliphatic heterocycles. The molecule has 5 heteroatoms. The highest BCUT2D eigenvalue weighted by Crippen LogP contribution is 2.20. The first kappa shape index (κ1) is 13.9. The molecule has 0 fully saturated rings. The van der Waals surface area contributed by atoms with Crippen molar-refractivity contribution in [2.75, 3.05) is 6.61 Å². The van der Waals surface area contributed by atoms with Crippen molar-refractivity contribution in [1.82, 2.24) is 0 Å². The average Bonchev–Trinajstić information content (AvgIpc) is 2.35. The predicted octanol–water partition coefficient (Wildman–Crippen LogP) is 0.989. The van der Waals surface area contributed by atoms with Crippen LogP contribution in [0.15, 0.2) is 29.2 Å². The first-order valence-electron chi connectivity index (χ1n) is 5.39. The fraction of sp³-hybridized carbons (Fsp3) is 0.417. The van der Waals surface area contributed by atoms with Crippen molar-refractivity contribution in [2.45, 2.75) is 31.1 Å². The third-order valence-electron chi connectivity index (χ3n) is 2.54. The summed E-state index contributed by atoms with van der Waals surface area (Å²) in [6.07, 6.45) is 1.03. The number of hydrogen-bond acceptors (Lipinski definition) is 4. The molecule has 0 aromatic heterocycles. The lowest BCUT2D eigenvalue weighted by Gasteiger charge is -2.09. The predicted molar refractivity (Wildman–Crippen MR) is 62.5 cm³/mol. The van der Waals surface area contributed by atoms with Crippen molar-refractivity contribution >= 4 is 17.0 Å². The number of rotatable bonds is 6. The first-order chi connectivity index (χ1) is 8.04. The average molecular weight is 255 g/mol. The zero-order valence-corrected chi connectivity index (χ0v) is 10.7. The van der Waals surface area contributed by atoms with Gasteiger partial charge in [-0.3, -0.25) is 4.18 Å². The number of aliphatic carboxylic acids is 1. The minimum absolute atomic E-state index is 0.446. The molecule has 0 radical (unpaired) electrons. The summed E-state index contributed by atoms with van der Waals surface area (Å²) >= 11 is -1.75. The topological polar surface area (TPSA) is 66.4 Å². The highest BCUT2D eigenvalue weighted by atomic mass is 32.2. The molecule has 1 aromatic rings. The van der Waals surface area contributed by atoms with Crippen molar-refractivity contribution in [3.63, 3.8) is 0 Å². The standard InChI is InChI=1S/C12H16O4S/c1-3-9(2)10-4-6-11(7-5-10)17(15)16-8-12(13)14/h4-7,9H,3,8H2,1-2H3,(H,13,14)/p-1. The molecule has 0 amide bonds. The van der Waals surface area contributed by atoms with Crippen molar-refractivity contribution in [3.05, 3.63) is 29.8 Å². The number of carboxylic acids is 1. The molecule has 1 rings (SSSR count).